The molecular weight excluding hydrogens is 472 g/mol. The lowest BCUT2D eigenvalue weighted by Crippen LogP contribution is -2.12. The van der Waals surface area contributed by atoms with Crippen LogP contribution in [0.25, 0.3) is 21.5 Å². The third kappa shape index (κ3) is 4.85. The number of carbonyl (C=O) groups is 1. The molecule has 10 heteroatoms. The van der Waals surface area contributed by atoms with Crippen LogP contribution in [0.4, 0.5) is 16.5 Å². The highest BCUT2D eigenvalue weighted by molar-refractivity contribution is 7.18. The van der Waals surface area contributed by atoms with Crippen LogP contribution in [-0.4, -0.2) is 31.4 Å². The molecule has 0 saturated carbocycles. The molecule has 0 aliphatic rings. The van der Waals surface area contributed by atoms with Gasteiger partial charge in [-0.05, 0) is 48.4 Å². The zero-order valence-corrected chi connectivity index (χ0v) is 19.3. The second kappa shape index (κ2) is 9.50. The maximum Gasteiger partial charge on any atom is 0.224 e. The van der Waals surface area contributed by atoms with E-state index in [9.17, 15) is 9.90 Å². The molecule has 0 spiro atoms. The van der Waals surface area contributed by atoms with Gasteiger partial charge in [0.05, 0.1) is 22.4 Å². The largest absolute Gasteiger partial charge is 0.508 e. The van der Waals surface area contributed by atoms with Crippen molar-refractivity contribution in [1.82, 2.24) is 20.4 Å². The predicted molar refractivity (Wildman–Crippen MR) is 135 cm³/mol. The third-order valence-electron chi connectivity index (χ3n) is 5.20. The van der Waals surface area contributed by atoms with E-state index in [1.807, 2.05) is 48.5 Å². The van der Waals surface area contributed by atoms with Crippen molar-refractivity contribution in [2.45, 2.75) is 12.8 Å². The molecule has 4 N–H and O–H groups in total. The minimum absolute atomic E-state index is 0.0888. The fourth-order valence-corrected chi connectivity index (χ4v) is 4.47. The van der Waals surface area contributed by atoms with Crippen molar-refractivity contribution in [3.8, 4) is 16.3 Å². The van der Waals surface area contributed by atoms with E-state index in [2.05, 4.69) is 31.0 Å². The van der Waals surface area contributed by atoms with Gasteiger partial charge >= 0.3 is 0 Å². The lowest BCUT2D eigenvalue weighted by Gasteiger charge is -2.07. The van der Waals surface area contributed by atoms with Gasteiger partial charge in [-0.3, -0.25) is 9.89 Å². The average molecular weight is 491 g/mol. The van der Waals surface area contributed by atoms with E-state index in [0.29, 0.717) is 39.4 Å². The molecule has 170 valence electrons. The molecule has 1 amide bonds. The van der Waals surface area contributed by atoms with Crippen LogP contribution in [0.3, 0.4) is 0 Å². The quantitative estimate of drug-likeness (QED) is 0.230. The smallest absolute Gasteiger partial charge is 0.224 e. The first-order valence-corrected chi connectivity index (χ1v) is 11.6. The van der Waals surface area contributed by atoms with Crippen molar-refractivity contribution in [3.05, 3.63) is 77.4 Å². The van der Waals surface area contributed by atoms with E-state index < -0.39 is 0 Å². The lowest BCUT2D eigenvalue weighted by molar-refractivity contribution is -0.116. The van der Waals surface area contributed by atoms with Crippen LogP contribution in [0.1, 0.15) is 12.0 Å². The van der Waals surface area contributed by atoms with Gasteiger partial charge in [0.2, 0.25) is 11.0 Å². The number of carbonyl (C=O) groups excluding carboxylic acids is 1. The summed E-state index contributed by atoms with van der Waals surface area (Å²) < 4.78 is 0. The Hall–Kier alpha value is -3.95. The number of amides is 1. The number of halogens is 1. The molecule has 5 rings (SSSR count). The van der Waals surface area contributed by atoms with Gasteiger partial charge in [0.25, 0.3) is 0 Å². The molecule has 0 saturated heterocycles. The molecule has 3 aromatic carbocycles. The van der Waals surface area contributed by atoms with E-state index >= 15 is 0 Å². The number of H-pyrrole nitrogens is 1. The summed E-state index contributed by atoms with van der Waals surface area (Å²) in [6.45, 7) is 0. The zero-order chi connectivity index (χ0) is 23.5. The number of nitrogens with zero attached hydrogens (tertiary/aromatic N) is 3. The number of hydrogen-bond donors (Lipinski definition) is 4. The maximum absolute atomic E-state index is 12.4. The van der Waals surface area contributed by atoms with Gasteiger partial charge in [-0.25, -0.2) is 0 Å². The Morgan fingerprint density at radius 1 is 1.09 bits per heavy atom. The van der Waals surface area contributed by atoms with Gasteiger partial charge in [0.1, 0.15) is 10.8 Å². The molecule has 0 aliphatic heterocycles. The molecular formula is C24H19ClN6O2S. The molecule has 34 heavy (non-hydrogen) atoms. The molecule has 2 aromatic heterocycles. The van der Waals surface area contributed by atoms with Gasteiger partial charge in [-0.1, -0.05) is 47.2 Å². The zero-order valence-electron chi connectivity index (χ0n) is 17.7. The van der Waals surface area contributed by atoms with Crippen LogP contribution in [0.5, 0.6) is 5.75 Å². The molecule has 0 atom stereocenters. The van der Waals surface area contributed by atoms with Crippen LogP contribution in [0.2, 0.25) is 5.02 Å². The lowest BCUT2D eigenvalue weighted by atomic mass is 10.1. The van der Waals surface area contributed by atoms with Gasteiger partial charge in [-0.2, -0.15) is 5.10 Å². The number of nitrogens with one attached hydrogen (secondary N) is 3. The Kier molecular flexibility index (Phi) is 6.11. The summed E-state index contributed by atoms with van der Waals surface area (Å²) in [7, 11) is 0. The summed E-state index contributed by atoms with van der Waals surface area (Å²) in [5.41, 5.74) is 4.09. The summed E-state index contributed by atoms with van der Waals surface area (Å²) in [5, 5.41) is 33.6. The number of phenolic OH excluding ortho intramolecular Hbond substituents is 1. The fourth-order valence-electron chi connectivity index (χ4n) is 3.46. The van der Waals surface area contributed by atoms with Crippen molar-refractivity contribution < 1.29 is 9.90 Å². The second-order valence-electron chi connectivity index (χ2n) is 7.59. The number of aromatic hydroxyl groups is 1. The van der Waals surface area contributed by atoms with Crippen molar-refractivity contribution in [3.63, 3.8) is 0 Å². The Balaban J connectivity index is 1.24. The molecule has 0 radical (unpaired) electrons. The van der Waals surface area contributed by atoms with E-state index in [1.165, 1.54) is 11.3 Å². The van der Waals surface area contributed by atoms with Crippen molar-refractivity contribution in [2.24, 2.45) is 0 Å². The number of phenols is 1. The Morgan fingerprint density at radius 3 is 2.79 bits per heavy atom. The van der Waals surface area contributed by atoms with Crippen LogP contribution in [-0.2, 0) is 11.2 Å². The molecule has 8 nitrogen and oxygen atoms in total. The standard InChI is InChI=1S/C24H19ClN6O2S/c25-22-18-13-26-29-19(18)9-10-20(22)28-24-31-30-23(34-24)15-2-1-3-16(12-15)27-21(33)11-6-14-4-7-17(32)8-5-14/h1-5,7-10,12-13,32H,6,11H2,(H,26,29)(H,27,33)(H,28,31). The first kappa shape index (κ1) is 21.9. The molecule has 0 fully saturated rings. The topological polar surface area (TPSA) is 116 Å². The minimum atomic E-state index is -0.0888. The SMILES string of the molecule is O=C(CCc1ccc(O)cc1)Nc1cccc(-c2nnc(Nc3ccc4[nH]ncc4c3Cl)s2)c1. The monoisotopic (exact) mass is 490 g/mol. The average Bonchev–Trinajstić information content (AvgIpc) is 3.51. The van der Waals surface area contributed by atoms with E-state index in [4.69, 9.17) is 11.6 Å². The number of aryl methyl sites for hydroxylation is 1. The first-order chi connectivity index (χ1) is 16.5. The molecule has 0 aliphatic carbocycles. The van der Waals surface area contributed by atoms with Crippen LogP contribution >= 0.6 is 22.9 Å². The van der Waals surface area contributed by atoms with Crippen molar-refractivity contribution in [2.75, 3.05) is 10.6 Å². The number of aromatic amines is 1. The van der Waals surface area contributed by atoms with E-state index in [0.717, 1.165) is 22.0 Å². The highest BCUT2D eigenvalue weighted by Crippen LogP contribution is 2.34. The van der Waals surface area contributed by atoms with Gasteiger partial charge in [-0.15, -0.1) is 10.2 Å². The van der Waals surface area contributed by atoms with Gasteiger partial charge in [0.15, 0.2) is 0 Å². The van der Waals surface area contributed by atoms with E-state index in [1.54, 1.807) is 18.3 Å². The Morgan fingerprint density at radius 2 is 1.94 bits per heavy atom. The molecule has 5 aromatic rings. The van der Waals surface area contributed by atoms with Crippen LogP contribution in [0.15, 0.2) is 66.9 Å². The number of aromatic nitrogens is 4. The number of rotatable bonds is 7. The maximum atomic E-state index is 12.4. The summed E-state index contributed by atoms with van der Waals surface area (Å²) in [6, 6.07) is 18.1. The van der Waals surface area contributed by atoms with Crippen LogP contribution < -0.4 is 10.6 Å². The third-order valence-corrected chi connectivity index (χ3v) is 6.49. The number of benzene rings is 3. The second-order valence-corrected chi connectivity index (χ2v) is 8.95. The predicted octanol–water partition coefficient (Wildman–Crippen LogP) is 5.76. The Labute approximate surface area is 203 Å². The summed E-state index contributed by atoms with van der Waals surface area (Å²) in [5.74, 6) is 0.122. The van der Waals surface area contributed by atoms with E-state index in [-0.39, 0.29) is 11.7 Å². The number of fused-ring (bicyclic) bond motifs is 1. The number of hydrogen-bond acceptors (Lipinski definition) is 7. The normalized spacial score (nSPS) is 11.0. The molecule has 2 heterocycles. The number of anilines is 3. The van der Waals surface area contributed by atoms with Gasteiger partial charge < -0.3 is 15.7 Å². The summed E-state index contributed by atoms with van der Waals surface area (Å²) in [4.78, 5) is 12.4. The highest BCUT2D eigenvalue weighted by atomic mass is 35.5. The highest BCUT2D eigenvalue weighted by Gasteiger charge is 2.12. The summed E-state index contributed by atoms with van der Waals surface area (Å²) in [6.07, 6.45) is 2.60. The minimum Gasteiger partial charge on any atom is -0.508 e. The molecule has 0 unspecified atom stereocenters. The summed E-state index contributed by atoms with van der Waals surface area (Å²) >= 11 is 7.86. The fraction of sp³-hybridized carbons (Fsp3) is 0.0833. The first-order valence-electron chi connectivity index (χ1n) is 10.5. The Bertz CT molecular complexity index is 1460. The van der Waals surface area contributed by atoms with Crippen molar-refractivity contribution >= 4 is 56.3 Å². The van der Waals surface area contributed by atoms with Crippen LogP contribution in [0, 0.1) is 0 Å². The molecule has 0 bridgehead atoms. The van der Waals surface area contributed by atoms with Crippen molar-refractivity contribution in [1.29, 1.82) is 0 Å². The van der Waals surface area contributed by atoms with Gasteiger partial charge in [0, 0.05) is 23.1 Å².